The Bertz CT molecular complexity index is 424. The molecule has 0 saturated heterocycles. The lowest BCUT2D eigenvalue weighted by molar-refractivity contribution is 0.283. The van der Waals surface area contributed by atoms with E-state index in [-0.39, 0.29) is 0 Å². The van der Waals surface area contributed by atoms with Crippen LogP contribution in [0.2, 0.25) is 0 Å². The molecule has 2 N–H and O–H groups in total. The number of hydrogen-bond acceptors (Lipinski definition) is 5. The van der Waals surface area contributed by atoms with Gasteiger partial charge in [0.25, 0.3) is 0 Å². The normalized spacial score (nSPS) is 11.2. The van der Waals surface area contributed by atoms with Gasteiger partial charge in [0.05, 0.1) is 24.0 Å². The summed E-state index contributed by atoms with van der Waals surface area (Å²) in [7, 11) is 2.04. The summed E-state index contributed by atoms with van der Waals surface area (Å²) in [6.45, 7) is 2.11. The van der Waals surface area contributed by atoms with Gasteiger partial charge in [-0.2, -0.15) is 0 Å². The third kappa shape index (κ3) is 2.69. The molecular formula is C11H15N3OS. The second kappa shape index (κ2) is 5.25. The van der Waals surface area contributed by atoms with Gasteiger partial charge in [-0.1, -0.05) is 0 Å². The fraction of sp³-hybridized carbons (Fsp3) is 0.364. The van der Waals surface area contributed by atoms with Crippen molar-refractivity contribution >= 4 is 11.3 Å². The van der Waals surface area contributed by atoms with Gasteiger partial charge in [-0.05, 0) is 13.1 Å². The van der Waals surface area contributed by atoms with E-state index in [1.807, 2.05) is 18.6 Å². The van der Waals surface area contributed by atoms with Crippen molar-refractivity contribution in [2.24, 2.45) is 5.73 Å². The third-order valence-electron chi connectivity index (χ3n) is 2.39. The smallest absolute Gasteiger partial charge is 0.122 e. The molecule has 2 rings (SSSR count). The van der Waals surface area contributed by atoms with Crippen LogP contribution in [0.3, 0.4) is 0 Å². The number of hydrogen-bond donors (Lipinski definition) is 1. The van der Waals surface area contributed by atoms with Crippen LogP contribution in [-0.2, 0) is 19.6 Å². The van der Waals surface area contributed by atoms with Crippen LogP contribution in [0.4, 0.5) is 0 Å². The van der Waals surface area contributed by atoms with Crippen LogP contribution in [0.1, 0.15) is 17.0 Å². The maximum atomic E-state index is 5.62. The second-order valence-corrected chi connectivity index (χ2v) is 4.44. The van der Waals surface area contributed by atoms with Crippen LogP contribution in [0.5, 0.6) is 0 Å². The van der Waals surface area contributed by atoms with Crippen molar-refractivity contribution in [3.63, 3.8) is 0 Å². The van der Waals surface area contributed by atoms with Crippen LogP contribution in [0, 0.1) is 0 Å². The summed E-state index contributed by atoms with van der Waals surface area (Å²) in [5, 5.41) is 2.06. The molecule has 0 aliphatic carbocycles. The highest BCUT2D eigenvalue weighted by molar-refractivity contribution is 7.07. The number of nitrogens with zero attached hydrogens (tertiary/aromatic N) is 2. The first-order valence-electron chi connectivity index (χ1n) is 5.10. The van der Waals surface area contributed by atoms with Crippen molar-refractivity contribution in [1.82, 2.24) is 9.88 Å². The molecule has 0 unspecified atom stereocenters. The van der Waals surface area contributed by atoms with E-state index in [1.54, 1.807) is 17.6 Å². The van der Waals surface area contributed by atoms with E-state index >= 15 is 0 Å². The van der Waals surface area contributed by atoms with E-state index in [1.165, 1.54) is 0 Å². The Balaban J connectivity index is 1.94. The van der Waals surface area contributed by atoms with Gasteiger partial charge in [-0.3, -0.25) is 4.90 Å². The molecule has 0 spiro atoms. The van der Waals surface area contributed by atoms with Gasteiger partial charge in [-0.15, -0.1) is 11.3 Å². The molecule has 4 nitrogen and oxygen atoms in total. The summed E-state index contributed by atoms with van der Waals surface area (Å²) >= 11 is 1.62. The molecule has 0 aliphatic rings. The highest BCUT2D eigenvalue weighted by Crippen LogP contribution is 2.13. The van der Waals surface area contributed by atoms with Gasteiger partial charge in [0.1, 0.15) is 5.76 Å². The zero-order valence-corrected chi connectivity index (χ0v) is 10.0. The van der Waals surface area contributed by atoms with Crippen molar-refractivity contribution < 1.29 is 4.42 Å². The lowest BCUT2D eigenvalue weighted by atomic mass is 10.2. The Morgan fingerprint density at radius 2 is 2.38 bits per heavy atom. The predicted octanol–water partition coefficient (Wildman–Crippen LogP) is 1.83. The fourth-order valence-corrected chi connectivity index (χ4v) is 2.13. The lowest BCUT2D eigenvalue weighted by Gasteiger charge is -2.14. The Kier molecular flexibility index (Phi) is 3.71. The minimum atomic E-state index is 0.524. The Morgan fingerprint density at radius 1 is 1.50 bits per heavy atom. The average molecular weight is 237 g/mol. The molecule has 2 heterocycles. The third-order valence-corrected chi connectivity index (χ3v) is 3.02. The summed E-state index contributed by atoms with van der Waals surface area (Å²) in [5.41, 5.74) is 9.63. The second-order valence-electron chi connectivity index (χ2n) is 3.73. The van der Waals surface area contributed by atoms with Gasteiger partial charge in [0.15, 0.2) is 0 Å². The Morgan fingerprint density at radius 3 is 3.06 bits per heavy atom. The van der Waals surface area contributed by atoms with Crippen molar-refractivity contribution in [3.05, 3.63) is 40.2 Å². The molecule has 2 aromatic rings. The zero-order valence-electron chi connectivity index (χ0n) is 9.22. The topological polar surface area (TPSA) is 55.3 Å². The van der Waals surface area contributed by atoms with Gasteiger partial charge >= 0.3 is 0 Å². The van der Waals surface area contributed by atoms with Crippen LogP contribution in [-0.4, -0.2) is 16.9 Å². The Hall–Kier alpha value is -1.17. The van der Waals surface area contributed by atoms with E-state index in [0.717, 1.165) is 30.1 Å². The molecule has 0 aromatic carbocycles. The van der Waals surface area contributed by atoms with Crippen molar-refractivity contribution in [1.29, 1.82) is 0 Å². The number of thiazole rings is 1. The van der Waals surface area contributed by atoms with Crippen LogP contribution < -0.4 is 5.73 Å². The highest BCUT2D eigenvalue weighted by Gasteiger charge is 2.09. The summed E-state index contributed by atoms with van der Waals surface area (Å²) in [6.07, 6.45) is 1.69. The SMILES string of the molecule is CN(Cc1cscn1)Cc1occc1CN. The monoisotopic (exact) mass is 237 g/mol. The fourth-order valence-electron chi connectivity index (χ4n) is 1.58. The quantitative estimate of drug-likeness (QED) is 0.862. The largest absolute Gasteiger partial charge is 0.468 e. The molecule has 5 heteroatoms. The molecule has 0 fully saturated rings. The zero-order chi connectivity index (χ0) is 11.4. The van der Waals surface area contributed by atoms with Gasteiger partial charge in [0, 0.05) is 24.0 Å². The number of nitrogens with two attached hydrogens (primary N) is 1. The highest BCUT2D eigenvalue weighted by atomic mass is 32.1. The minimum absolute atomic E-state index is 0.524. The Labute approximate surface area is 98.7 Å². The molecule has 0 radical (unpaired) electrons. The maximum Gasteiger partial charge on any atom is 0.122 e. The lowest BCUT2D eigenvalue weighted by Crippen LogP contribution is -2.18. The van der Waals surface area contributed by atoms with Crippen molar-refractivity contribution in [2.45, 2.75) is 19.6 Å². The van der Waals surface area contributed by atoms with E-state index < -0.39 is 0 Å². The molecule has 16 heavy (non-hydrogen) atoms. The molecule has 0 aliphatic heterocycles. The number of rotatable bonds is 5. The average Bonchev–Trinajstić information content (AvgIpc) is 2.88. The first kappa shape index (κ1) is 11.3. The molecular weight excluding hydrogens is 222 g/mol. The van der Waals surface area contributed by atoms with Gasteiger partial charge in [0.2, 0.25) is 0 Å². The molecule has 0 saturated carbocycles. The maximum absolute atomic E-state index is 5.62. The summed E-state index contributed by atoms with van der Waals surface area (Å²) < 4.78 is 5.41. The van der Waals surface area contributed by atoms with E-state index in [9.17, 15) is 0 Å². The van der Waals surface area contributed by atoms with E-state index in [0.29, 0.717) is 6.54 Å². The van der Waals surface area contributed by atoms with Crippen molar-refractivity contribution in [2.75, 3.05) is 7.05 Å². The predicted molar refractivity (Wildman–Crippen MR) is 63.9 cm³/mol. The number of aromatic nitrogens is 1. The standard InChI is InChI=1S/C11H15N3OS/c1-14(5-10-7-16-8-13-10)6-11-9(4-12)2-3-15-11/h2-3,7-8H,4-6,12H2,1H3. The van der Waals surface area contributed by atoms with Crippen molar-refractivity contribution in [3.8, 4) is 0 Å². The molecule has 0 atom stereocenters. The molecule has 0 amide bonds. The first-order chi connectivity index (χ1) is 7.79. The summed E-state index contributed by atoms with van der Waals surface area (Å²) in [4.78, 5) is 6.41. The van der Waals surface area contributed by atoms with E-state index in [2.05, 4.69) is 15.3 Å². The van der Waals surface area contributed by atoms with Gasteiger partial charge in [-0.25, -0.2) is 4.98 Å². The van der Waals surface area contributed by atoms with Crippen LogP contribution >= 0.6 is 11.3 Å². The number of furan rings is 1. The van der Waals surface area contributed by atoms with E-state index in [4.69, 9.17) is 10.2 Å². The molecule has 86 valence electrons. The summed E-state index contributed by atoms with van der Waals surface area (Å²) in [6, 6.07) is 1.92. The first-order valence-corrected chi connectivity index (χ1v) is 6.05. The summed E-state index contributed by atoms with van der Waals surface area (Å²) in [5.74, 6) is 0.945. The van der Waals surface area contributed by atoms with Crippen LogP contribution in [0.25, 0.3) is 0 Å². The van der Waals surface area contributed by atoms with Crippen LogP contribution in [0.15, 0.2) is 27.6 Å². The van der Waals surface area contributed by atoms with Gasteiger partial charge < -0.3 is 10.2 Å². The minimum Gasteiger partial charge on any atom is -0.468 e. The molecule has 2 aromatic heterocycles. The molecule has 0 bridgehead atoms.